The number of hydrogen-bond donors (Lipinski definition) is 1. The Morgan fingerprint density at radius 2 is 2.09 bits per heavy atom. The second-order valence-electron chi connectivity index (χ2n) is 7.71. The summed E-state index contributed by atoms with van der Waals surface area (Å²) in [5.74, 6) is 1.90. The van der Waals surface area contributed by atoms with E-state index in [1.807, 2.05) is 29.6 Å². The van der Waals surface area contributed by atoms with Crippen LogP contribution in [0.5, 0.6) is 5.75 Å². The van der Waals surface area contributed by atoms with Crippen LogP contribution in [0, 0.1) is 0 Å². The van der Waals surface area contributed by atoms with Crippen LogP contribution in [0.4, 0.5) is 5.82 Å². The zero-order chi connectivity index (χ0) is 23.3. The lowest BCUT2D eigenvalue weighted by Gasteiger charge is -2.28. The van der Waals surface area contributed by atoms with Crippen LogP contribution in [0.1, 0.15) is 15.9 Å². The predicted octanol–water partition coefficient (Wildman–Crippen LogP) is 2.97. The van der Waals surface area contributed by atoms with Crippen LogP contribution in [0.2, 0.25) is 0 Å². The molecule has 0 atom stereocenters. The second kappa shape index (κ2) is 10.1. The number of pyridine rings is 2. The van der Waals surface area contributed by atoms with E-state index in [0.717, 1.165) is 27.3 Å². The fourth-order valence-corrected chi connectivity index (χ4v) is 4.82. The third-order valence-electron chi connectivity index (χ3n) is 5.62. The van der Waals surface area contributed by atoms with Crippen LogP contribution < -0.4 is 15.0 Å². The van der Waals surface area contributed by atoms with Crippen molar-refractivity contribution < 1.29 is 14.3 Å². The number of fused-ring (bicyclic) bond motifs is 1. The molecule has 1 aliphatic rings. The quantitative estimate of drug-likeness (QED) is 0.434. The lowest BCUT2D eigenvalue weighted by atomic mass is 10.1. The molecule has 0 aliphatic carbocycles. The Balaban J connectivity index is 1.44. The maximum atomic E-state index is 13.2. The molecular formula is C24H24N6O3S. The van der Waals surface area contributed by atoms with Gasteiger partial charge in [-0.1, -0.05) is 6.07 Å². The van der Waals surface area contributed by atoms with Crippen LogP contribution >= 0.6 is 11.3 Å². The average Bonchev–Trinajstić information content (AvgIpc) is 3.34. The molecule has 5 heterocycles. The minimum atomic E-state index is -0.155. The van der Waals surface area contributed by atoms with E-state index in [1.165, 1.54) is 11.3 Å². The molecule has 0 aromatic carbocycles. The zero-order valence-electron chi connectivity index (χ0n) is 18.7. The van der Waals surface area contributed by atoms with Crippen molar-refractivity contribution in [3.05, 3.63) is 59.4 Å². The highest BCUT2D eigenvalue weighted by molar-refractivity contribution is 7.17. The summed E-state index contributed by atoms with van der Waals surface area (Å²) in [4.78, 5) is 34.3. The van der Waals surface area contributed by atoms with Crippen molar-refractivity contribution in [1.82, 2.24) is 25.3 Å². The third-order valence-corrected chi connectivity index (χ3v) is 6.49. The lowest BCUT2D eigenvalue weighted by Crippen LogP contribution is -2.37. The number of methoxy groups -OCH3 is 1. The molecule has 1 saturated heterocycles. The number of thiophene rings is 1. The van der Waals surface area contributed by atoms with Crippen LogP contribution in [0.25, 0.3) is 21.7 Å². The predicted molar refractivity (Wildman–Crippen MR) is 131 cm³/mol. The molecule has 0 unspecified atom stereocenters. The standard InChI is InChI=1S/C24H24N6O3S/c1-32-19-6-8-25-14-16(19)5-9-27-23(31)17-15-34-24-20(17)22(30-10-12-33-13-11-30)28-21(29-24)18-4-2-3-7-26-18/h2-4,6-8,14-15H,5,9-13H2,1H3,(H,27,31). The molecule has 1 N–H and O–H groups in total. The molecule has 9 nitrogen and oxygen atoms in total. The summed E-state index contributed by atoms with van der Waals surface area (Å²) < 4.78 is 10.9. The van der Waals surface area contributed by atoms with Gasteiger partial charge < -0.3 is 19.7 Å². The van der Waals surface area contributed by atoms with E-state index in [4.69, 9.17) is 19.4 Å². The fraction of sp³-hybridized carbons (Fsp3) is 0.292. The Morgan fingerprint density at radius 3 is 2.88 bits per heavy atom. The van der Waals surface area contributed by atoms with E-state index in [9.17, 15) is 4.79 Å². The molecular weight excluding hydrogens is 452 g/mol. The number of nitrogens with one attached hydrogen (secondary N) is 1. The molecule has 0 saturated carbocycles. The molecule has 0 spiro atoms. The molecule has 4 aromatic rings. The first-order valence-corrected chi connectivity index (χ1v) is 11.9. The number of rotatable bonds is 7. The fourth-order valence-electron chi connectivity index (χ4n) is 3.91. The number of aromatic nitrogens is 4. The molecule has 1 fully saturated rings. The van der Waals surface area contributed by atoms with E-state index in [2.05, 4.69) is 20.2 Å². The summed E-state index contributed by atoms with van der Waals surface area (Å²) in [6.45, 7) is 3.08. The number of hydrogen-bond acceptors (Lipinski definition) is 9. The summed E-state index contributed by atoms with van der Waals surface area (Å²) in [6, 6.07) is 7.47. The third kappa shape index (κ3) is 4.55. The highest BCUT2D eigenvalue weighted by Gasteiger charge is 2.24. The lowest BCUT2D eigenvalue weighted by molar-refractivity contribution is 0.0956. The molecule has 1 amide bonds. The summed E-state index contributed by atoms with van der Waals surface area (Å²) in [6.07, 6.45) is 5.78. The largest absolute Gasteiger partial charge is 0.496 e. The number of carbonyl (C=O) groups is 1. The van der Waals surface area contributed by atoms with Crippen molar-refractivity contribution in [2.45, 2.75) is 6.42 Å². The van der Waals surface area contributed by atoms with Crippen molar-refractivity contribution in [3.63, 3.8) is 0 Å². The van der Waals surface area contributed by atoms with Crippen molar-refractivity contribution in [2.24, 2.45) is 0 Å². The Labute approximate surface area is 200 Å². The van der Waals surface area contributed by atoms with Gasteiger partial charge in [0, 0.05) is 49.2 Å². The number of amides is 1. The Morgan fingerprint density at radius 1 is 1.21 bits per heavy atom. The minimum absolute atomic E-state index is 0.155. The minimum Gasteiger partial charge on any atom is -0.496 e. The van der Waals surface area contributed by atoms with E-state index in [0.29, 0.717) is 56.4 Å². The van der Waals surface area contributed by atoms with Crippen molar-refractivity contribution >= 4 is 33.3 Å². The van der Waals surface area contributed by atoms with Gasteiger partial charge in [-0.2, -0.15) is 0 Å². The summed E-state index contributed by atoms with van der Waals surface area (Å²) in [5, 5.41) is 5.65. The number of carbonyl (C=O) groups excluding carboxylic acids is 1. The van der Waals surface area contributed by atoms with E-state index >= 15 is 0 Å². The first kappa shape index (κ1) is 22.2. The first-order chi connectivity index (χ1) is 16.7. The second-order valence-corrected chi connectivity index (χ2v) is 8.57. The van der Waals surface area contributed by atoms with Gasteiger partial charge in [0.05, 0.1) is 31.3 Å². The Bertz CT molecular complexity index is 1290. The van der Waals surface area contributed by atoms with Crippen LogP contribution in [-0.2, 0) is 11.2 Å². The molecule has 34 heavy (non-hydrogen) atoms. The number of ether oxygens (including phenoxy) is 2. The normalized spacial score (nSPS) is 13.7. The maximum Gasteiger partial charge on any atom is 0.252 e. The number of nitrogens with zero attached hydrogens (tertiary/aromatic N) is 5. The topological polar surface area (TPSA) is 102 Å². The highest BCUT2D eigenvalue weighted by atomic mass is 32.1. The molecule has 0 bridgehead atoms. The van der Waals surface area contributed by atoms with Gasteiger partial charge >= 0.3 is 0 Å². The van der Waals surface area contributed by atoms with E-state index < -0.39 is 0 Å². The molecule has 0 radical (unpaired) electrons. The first-order valence-electron chi connectivity index (χ1n) is 11.0. The molecule has 4 aromatic heterocycles. The van der Waals surface area contributed by atoms with Crippen LogP contribution in [0.15, 0.2) is 48.2 Å². The molecule has 1 aliphatic heterocycles. The summed E-state index contributed by atoms with van der Waals surface area (Å²) in [7, 11) is 1.63. The molecule has 5 rings (SSSR count). The van der Waals surface area contributed by atoms with Gasteiger partial charge in [-0.25, -0.2) is 9.97 Å². The SMILES string of the molecule is COc1ccncc1CCNC(=O)c1csc2nc(-c3ccccn3)nc(N3CCOCC3)c12. The van der Waals surface area contributed by atoms with Gasteiger partial charge in [0.25, 0.3) is 5.91 Å². The zero-order valence-corrected chi connectivity index (χ0v) is 19.5. The smallest absolute Gasteiger partial charge is 0.252 e. The number of anilines is 1. The van der Waals surface area contributed by atoms with Gasteiger partial charge in [-0.3, -0.25) is 14.8 Å². The summed E-state index contributed by atoms with van der Waals surface area (Å²) >= 11 is 1.44. The van der Waals surface area contributed by atoms with Crippen LogP contribution in [-0.4, -0.2) is 65.8 Å². The average molecular weight is 477 g/mol. The van der Waals surface area contributed by atoms with Crippen molar-refractivity contribution in [2.75, 3.05) is 44.9 Å². The summed E-state index contributed by atoms with van der Waals surface area (Å²) in [5.41, 5.74) is 2.22. The van der Waals surface area contributed by atoms with E-state index in [-0.39, 0.29) is 5.91 Å². The van der Waals surface area contributed by atoms with Gasteiger partial charge in [-0.15, -0.1) is 11.3 Å². The van der Waals surface area contributed by atoms with Gasteiger partial charge in [0.1, 0.15) is 22.1 Å². The maximum absolute atomic E-state index is 13.2. The number of morpholine rings is 1. The van der Waals surface area contributed by atoms with Gasteiger partial charge in [-0.05, 0) is 24.6 Å². The van der Waals surface area contributed by atoms with Crippen molar-refractivity contribution in [1.29, 1.82) is 0 Å². The highest BCUT2D eigenvalue weighted by Crippen LogP contribution is 2.34. The molecule has 10 heteroatoms. The van der Waals surface area contributed by atoms with Gasteiger partial charge in [0.15, 0.2) is 5.82 Å². The monoisotopic (exact) mass is 476 g/mol. The molecule has 174 valence electrons. The van der Waals surface area contributed by atoms with Gasteiger partial charge in [0.2, 0.25) is 0 Å². The van der Waals surface area contributed by atoms with Crippen molar-refractivity contribution in [3.8, 4) is 17.3 Å². The Hall–Kier alpha value is -3.63. The van der Waals surface area contributed by atoms with Crippen LogP contribution in [0.3, 0.4) is 0 Å². The Kier molecular flexibility index (Phi) is 6.59. The van der Waals surface area contributed by atoms with E-state index in [1.54, 1.807) is 25.7 Å².